The summed E-state index contributed by atoms with van der Waals surface area (Å²) < 4.78 is 0. The number of hydrogen-bond acceptors (Lipinski definition) is 2. The van der Waals surface area contributed by atoms with Crippen molar-refractivity contribution in [2.45, 2.75) is 60.3 Å². The molecule has 4 heteroatoms. The summed E-state index contributed by atoms with van der Waals surface area (Å²) in [5, 5.41) is 0. The lowest BCUT2D eigenvalue weighted by atomic mass is 9.84. The Morgan fingerprint density at radius 1 is 1.05 bits per heavy atom. The molecule has 0 aromatic carbocycles. The van der Waals surface area contributed by atoms with Crippen molar-refractivity contribution in [1.29, 1.82) is 0 Å². The minimum Gasteiger partial charge on any atom is -0.346 e. The van der Waals surface area contributed by atoms with Crippen LogP contribution in [0.25, 0.3) is 0 Å². The first-order chi connectivity index (χ1) is 9.50. The number of carbonyl (C=O) groups is 2. The number of amides is 2. The van der Waals surface area contributed by atoms with Crippen molar-refractivity contribution in [2.24, 2.45) is 10.8 Å². The van der Waals surface area contributed by atoms with Crippen LogP contribution in [-0.2, 0) is 9.59 Å². The highest BCUT2D eigenvalue weighted by atomic mass is 16.2. The van der Waals surface area contributed by atoms with Gasteiger partial charge in [-0.05, 0) is 23.7 Å². The summed E-state index contributed by atoms with van der Waals surface area (Å²) in [5.41, 5.74) is -0.0305. The van der Waals surface area contributed by atoms with E-state index in [9.17, 15) is 9.59 Å². The minimum atomic E-state index is -0.0526. The number of likely N-dealkylation sites (tertiary alicyclic amines) is 1. The topological polar surface area (TPSA) is 40.6 Å². The SMILES string of the molecule is CN(CCC(C)(C)CC(=O)N1CCC1)C(=O)CC(C)(C)C. The molecule has 0 radical (unpaired) electrons. The molecule has 0 N–H and O–H groups in total. The van der Waals surface area contributed by atoms with Gasteiger partial charge in [0.2, 0.25) is 11.8 Å². The van der Waals surface area contributed by atoms with E-state index in [2.05, 4.69) is 34.6 Å². The molecular formula is C17H32N2O2. The van der Waals surface area contributed by atoms with Gasteiger partial charge in [-0.1, -0.05) is 34.6 Å². The summed E-state index contributed by atoms with van der Waals surface area (Å²) in [6.07, 6.45) is 3.14. The zero-order chi connectivity index (χ0) is 16.3. The van der Waals surface area contributed by atoms with Crippen LogP contribution in [0.2, 0.25) is 0 Å². The molecule has 1 heterocycles. The second-order valence-electron chi connectivity index (χ2n) is 8.38. The van der Waals surface area contributed by atoms with E-state index in [1.54, 1.807) is 4.90 Å². The number of carbonyl (C=O) groups excluding carboxylic acids is 2. The molecule has 0 aromatic rings. The number of nitrogens with zero attached hydrogens (tertiary/aromatic N) is 2. The predicted molar refractivity (Wildman–Crippen MR) is 85.9 cm³/mol. The van der Waals surface area contributed by atoms with Crippen molar-refractivity contribution >= 4 is 11.8 Å². The molecular weight excluding hydrogens is 264 g/mol. The molecule has 4 nitrogen and oxygen atoms in total. The van der Waals surface area contributed by atoms with Gasteiger partial charge in [0, 0.05) is 39.5 Å². The maximum atomic E-state index is 12.1. The molecule has 1 aliphatic heterocycles. The Hall–Kier alpha value is -1.06. The van der Waals surface area contributed by atoms with Crippen LogP contribution < -0.4 is 0 Å². The van der Waals surface area contributed by atoms with E-state index >= 15 is 0 Å². The van der Waals surface area contributed by atoms with Gasteiger partial charge in [-0.25, -0.2) is 0 Å². The molecule has 0 unspecified atom stereocenters. The van der Waals surface area contributed by atoms with Crippen LogP contribution in [0.15, 0.2) is 0 Å². The first kappa shape index (κ1) is 18.0. The molecule has 2 amide bonds. The lowest BCUT2D eigenvalue weighted by Crippen LogP contribution is -2.44. The Morgan fingerprint density at radius 2 is 1.62 bits per heavy atom. The van der Waals surface area contributed by atoms with Crippen molar-refractivity contribution in [2.75, 3.05) is 26.7 Å². The smallest absolute Gasteiger partial charge is 0.223 e. The highest BCUT2D eigenvalue weighted by molar-refractivity contribution is 5.77. The second kappa shape index (κ2) is 6.80. The van der Waals surface area contributed by atoms with Gasteiger partial charge in [-0.3, -0.25) is 9.59 Å². The van der Waals surface area contributed by atoms with Crippen molar-refractivity contribution in [1.82, 2.24) is 9.80 Å². The molecule has 0 aliphatic carbocycles. The normalized spacial score (nSPS) is 15.6. The van der Waals surface area contributed by atoms with E-state index in [4.69, 9.17) is 0 Å². The van der Waals surface area contributed by atoms with Crippen LogP contribution in [0.5, 0.6) is 0 Å². The first-order valence-electron chi connectivity index (χ1n) is 8.02. The van der Waals surface area contributed by atoms with E-state index < -0.39 is 0 Å². The molecule has 1 saturated heterocycles. The summed E-state index contributed by atoms with van der Waals surface area (Å²) in [5.74, 6) is 0.447. The number of hydrogen-bond donors (Lipinski definition) is 0. The van der Waals surface area contributed by atoms with Gasteiger partial charge in [-0.2, -0.15) is 0 Å². The largest absolute Gasteiger partial charge is 0.346 e. The molecule has 0 spiro atoms. The van der Waals surface area contributed by atoms with Gasteiger partial charge in [0.25, 0.3) is 0 Å². The molecule has 0 bridgehead atoms. The molecule has 0 atom stereocenters. The Bertz CT molecular complexity index is 379. The Morgan fingerprint density at radius 3 is 2.05 bits per heavy atom. The summed E-state index contributed by atoms with van der Waals surface area (Å²) in [6, 6.07) is 0. The monoisotopic (exact) mass is 296 g/mol. The van der Waals surface area contributed by atoms with Crippen molar-refractivity contribution in [3.63, 3.8) is 0 Å². The van der Waals surface area contributed by atoms with Gasteiger partial charge in [0.1, 0.15) is 0 Å². The van der Waals surface area contributed by atoms with Crippen LogP contribution in [0, 0.1) is 10.8 Å². The standard InChI is InChI=1S/C17H32N2O2/c1-16(2,3)12-14(20)18(6)11-8-17(4,5)13-15(21)19-9-7-10-19/h7-13H2,1-6H3. The van der Waals surface area contributed by atoms with Crippen molar-refractivity contribution in [3.05, 3.63) is 0 Å². The van der Waals surface area contributed by atoms with Crippen LogP contribution in [0.4, 0.5) is 0 Å². The maximum Gasteiger partial charge on any atom is 0.223 e. The van der Waals surface area contributed by atoms with Crippen LogP contribution >= 0.6 is 0 Å². The molecule has 0 saturated carbocycles. The van der Waals surface area contributed by atoms with E-state index in [-0.39, 0.29) is 22.6 Å². The molecule has 1 fully saturated rings. The lowest BCUT2D eigenvalue weighted by Gasteiger charge is -2.35. The summed E-state index contributed by atoms with van der Waals surface area (Å²) in [7, 11) is 1.86. The minimum absolute atomic E-state index is 0.0222. The third-order valence-corrected chi connectivity index (χ3v) is 4.07. The molecule has 21 heavy (non-hydrogen) atoms. The van der Waals surface area contributed by atoms with E-state index in [0.29, 0.717) is 12.8 Å². The zero-order valence-corrected chi connectivity index (χ0v) is 14.7. The maximum absolute atomic E-state index is 12.1. The summed E-state index contributed by atoms with van der Waals surface area (Å²) in [4.78, 5) is 27.9. The number of rotatable bonds is 6. The molecule has 122 valence electrons. The van der Waals surface area contributed by atoms with E-state index in [1.165, 1.54) is 0 Å². The third kappa shape index (κ3) is 6.49. The van der Waals surface area contributed by atoms with Gasteiger partial charge >= 0.3 is 0 Å². The fourth-order valence-electron chi connectivity index (χ4n) is 2.36. The van der Waals surface area contributed by atoms with Gasteiger partial charge < -0.3 is 9.80 Å². The van der Waals surface area contributed by atoms with Crippen LogP contribution in [-0.4, -0.2) is 48.3 Å². The van der Waals surface area contributed by atoms with Crippen LogP contribution in [0.1, 0.15) is 60.3 Å². The van der Waals surface area contributed by atoms with Crippen molar-refractivity contribution in [3.8, 4) is 0 Å². The fourth-order valence-corrected chi connectivity index (χ4v) is 2.36. The average molecular weight is 296 g/mol. The van der Waals surface area contributed by atoms with E-state index in [1.807, 2.05) is 11.9 Å². The van der Waals surface area contributed by atoms with Gasteiger partial charge in [0.15, 0.2) is 0 Å². The predicted octanol–water partition coefficient (Wildman–Crippen LogP) is 2.92. The fraction of sp³-hybridized carbons (Fsp3) is 0.882. The van der Waals surface area contributed by atoms with Crippen molar-refractivity contribution < 1.29 is 9.59 Å². The Balaban J connectivity index is 2.37. The second-order valence-corrected chi connectivity index (χ2v) is 8.38. The quantitative estimate of drug-likeness (QED) is 0.756. The zero-order valence-electron chi connectivity index (χ0n) is 14.7. The highest BCUT2D eigenvalue weighted by Crippen LogP contribution is 2.28. The molecule has 1 rings (SSSR count). The molecule has 0 aromatic heterocycles. The average Bonchev–Trinajstić information content (AvgIpc) is 2.19. The van der Waals surface area contributed by atoms with E-state index in [0.717, 1.165) is 32.5 Å². The lowest BCUT2D eigenvalue weighted by molar-refractivity contribution is -0.136. The Labute approximate surface area is 129 Å². The Kier molecular flexibility index (Phi) is 5.83. The van der Waals surface area contributed by atoms with Gasteiger partial charge in [-0.15, -0.1) is 0 Å². The third-order valence-electron chi connectivity index (χ3n) is 4.07. The highest BCUT2D eigenvalue weighted by Gasteiger charge is 2.28. The van der Waals surface area contributed by atoms with Crippen LogP contribution in [0.3, 0.4) is 0 Å². The summed E-state index contributed by atoms with van der Waals surface area (Å²) in [6.45, 7) is 13.0. The first-order valence-corrected chi connectivity index (χ1v) is 8.02. The summed E-state index contributed by atoms with van der Waals surface area (Å²) >= 11 is 0. The molecule has 1 aliphatic rings. The van der Waals surface area contributed by atoms with Gasteiger partial charge in [0.05, 0.1) is 0 Å².